The quantitative estimate of drug-likeness (QED) is 0.412. The number of para-hydroxylation sites is 2. The number of hydrogen-bond donors (Lipinski definition) is 1. The van der Waals surface area contributed by atoms with Crippen LogP contribution < -0.4 is 15.7 Å². The van der Waals surface area contributed by atoms with E-state index in [1.807, 2.05) is 49.5 Å². The molecule has 1 saturated heterocycles. The van der Waals surface area contributed by atoms with Gasteiger partial charge in [0.15, 0.2) is 0 Å². The largest absolute Gasteiger partial charge is 0.378 e. The molecule has 4 rings (SSSR count). The Balaban J connectivity index is 1.72. The van der Waals surface area contributed by atoms with Crippen LogP contribution in [0.1, 0.15) is 56.0 Å². The molecule has 0 bridgehead atoms. The number of nitrogens with one attached hydrogen (secondary N) is 1. The zero-order valence-electron chi connectivity index (χ0n) is 23.8. The second-order valence-electron chi connectivity index (χ2n) is 10.5. The summed E-state index contributed by atoms with van der Waals surface area (Å²) in [6.45, 7) is 14.8. The number of anilines is 2. The molecule has 3 aromatic rings. The van der Waals surface area contributed by atoms with Gasteiger partial charge in [0.05, 0.1) is 17.3 Å². The average molecular weight is 523 g/mol. The fourth-order valence-corrected chi connectivity index (χ4v) is 5.24. The molecule has 7 heteroatoms. The molecule has 2 atom stereocenters. The van der Waals surface area contributed by atoms with E-state index in [1.165, 1.54) is 0 Å². The molecule has 0 spiro atoms. The number of nitriles is 1. The minimum absolute atomic E-state index is 0.0777. The zero-order chi connectivity index (χ0) is 28.1. The number of allylic oxidation sites excluding steroid dienone is 1. The highest BCUT2D eigenvalue weighted by atomic mass is 16.1. The standard InChI is InChI=1S/C32H38N6O/c1-22(2)31(38-16-15-36(20-25(38)5)30-14-10-8-12-27(30)18-33)35-32-28(17-23(3)19-37(32)21-39)26(6)34-29-13-9-7-11-24(29)4/h7-14,17,19,21,25-26,34H,15-16,20H2,1-6H3/b35-32-. The molecule has 202 valence electrons. The van der Waals surface area contributed by atoms with Gasteiger partial charge in [0.25, 0.3) is 0 Å². The van der Waals surface area contributed by atoms with E-state index in [0.717, 1.165) is 65.5 Å². The van der Waals surface area contributed by atoms with E-state index >= 15 is 0 Å². The van der Waals surface area contributed by atoms with Gasteiger partial charge in [0.1, 0.15) is 17.4 Å². The van der Waals surface area contributed by atoms with Crippen molar-refractivity contribution in [2.75, 3.05) is 29.9 Å². The topological polar surface area (TPSA) is 76.7 Å². The van der Waals surface area contributed by atoms with Crippen molar-refractivity contribution in [2.24, 2.45) is 4.99 Å². The van der Waals surface area contributed by atoms with Gasteiger partial charge < -0.3 is 15.1 Å². The third-order valence-corrected chi connectivity index (χ3v) is 7.25. The van der Waals surface area contributed by atoms with Crippen LogP contribution in [-0.2, 0) is 4.79 Å². The smallest absolute Gasteiger partial charge is 0.219 e. The lowest BCUT2D eigenvalue weighted by molar-refractivity contribution is 0.237. The summed E-state index contributed by atoms with van der Waals surface area (Å²) in [5.41, 5.74) is 7.54. The van der Waals surface area contributed by atoms with Gasteiger partial charge in [0.2, 0.25) is 6.41 Å². The molecular weight excluding hydrogens is 484 g/mol. The number of hydrogen-bond acceptors (Lipinski definition) is 6. The first-order valence-corrected chi connectivity index (χ1v) is 13.5. The van der Waals surface area contributed by atoms with Crippen molar-refractivity contribution >= 4 is 17.8 Å². The molecule has 39 heavy (non-hydrogen) atoms. The van der Waals surface area contributed by atoms with Crippen LogP contribution in [0.15, 0.2) is 77.2 Å². The molecule has 0 radical (unpaired) electrons. The van der Waals surface area contributed by atoms with Gasteiger partial charge in [-0.3, -0.25) is 9.36 Å². The second kappa shape index (κ2) is 12.0. The van der Waals surface area contributed by atoms with Gasteiger partial charge in [-0.15, -0.1) is 0 Å². The normalized spacial score (nSPS) is 16.4. The summed E-state index contributed by atoms with van der Waals surface area (Å²) in [4.78, 5) is 22.0. The van der Waals surface area contributed by atoms with Crippen LogP contribution >= 0.6 is 0 Å². The molecule has 0 saturated carbocycles. The Morgan fingerprint density at radius 3 is 2.51 bits per heavy atom. The maximum absolute atomic E-state index is 12.2. The lowest BCUT2D eigenvalue weighted by Crippen LogP contribution is -2.51. The van der Waals surface area contributed by atoms with E-state index in [-0.39, 0.29) is 12.1 Å². The van der Waals surface area contributed by atoms with Crippen molar-refractivity contribution in [2.45, 2.75) is 53.6 Å². The van der Waals surface area contributed by atoms with Crippen LogP contribution in [0.2, 0.25) is 0 Å². The molecule has 0 aliphatic carbocycles. The number of rotatable bonds is 7. The Morgan fingerprint density at radius 2 is 1.85 bits per heavy atom. The first kappa shape index (κ1) is 27.7. The molecule has 1 aliphatic heterocycles. The Hall–Kier alpha value is -4.31. The Kier molecular flexibility index (Phi) is 8.55. The van der Waals surface area contributed by atoms with E-state index in [1.54, 1.807) is 4.57 Å². The molecule has 7 nitrogen and oxygen atoms in total. The zero-order valence-corrected chi connectivity index (χ0v) is 23.8. The Labute approximate surface area is 231 Å². The lowest BCUT2D eigenvalue weighted by atomic mass is 10.1. The van der Waals surface area contributed by atoms with Crippen molar-refractivity contribution in [3.63, 3.8) is 0 Å². The van der Waals surface area contributed by atoms with Gasteiger partial charge in [-0.2, -0.15) is 5.26 Å². The van der Waals surface area contributed by atoms with Crippen molar-refractivity contribution in [3.8, 4) is 6.07 Å². The summed E-state index contributed by atoms with van der Waals surface area (Å²) in [5.74, 6) is 0.875. The number of nitrogens with zero attached hydrogens (tertiary/aromatic N) is 5. The summed E-state index contributed by atoms with van der Waals surface area (Å²) in [7, 11) is 0. The van der Waals surface area contributed by atoms with Gasteiger partial charge >= 0.3 is 0 Å². The molecule has 2 aromatic carbocycles. The van der Waals surface area contributed by atoms with Crippen LogP contribution in [0.5, 0.6) is 0 Å². The van der Waals surface area contributed by atoms with Crippen molar-refractivity contribution < 1.29 is 4.79 Å². The average Bonchev–Trinajstić information content (AvgIpc) is 2.93. The number of carbonyl (C=O) groups excluding carboxylic acids is 1. The predicted octanol–water partition coefficient (Wildman–Crippen LogP) is 5.55. The van der Waals surface area contributed by atoms with E-state index in [2.05, 4.69) is 74.0 Å². The first-order chi connectivity index (χ1) is 18.7. The maximum atomic E-state index is 12.2. The van der Waals surface area contributed by atoms with Crippen molar-refractivity contribution in [1.29, 1.82) is 5.26 Å². The van der Waals surface area contributed by atoms with Crippen LogP contribution in [0, 0.1) is 25.2 Å². The summed E-state index contributed by atoms with van der Waals surface area (Å²) in [6, 6.07) is 20.5. The third kappa shape index (κ3) is 6.06. The van der Waals surface area contributed by atoms with Crippen molar-refractivity contribution in [3.05, 3.63) is 99.9 Å². The monoisotopic (exact) mass is 522 g/mol. The van der Waals surface area contributed by atoms with Crippen LogP contribution in [0.3, 0.4) is 0 Å². The highest BCUT2D eigenvalue weighted by Gasteiger charge is 2.27. The number of pyridine rings is 1. The summed E-state index contributed by atoms with van der Waals surface area (Å²) < 4.78 is 1.59. The molecule has 2 unspecified atom stereocenters. The fourth-order valence-electron chi connectivity index (χ4n) is 5.24. The van der Waals surface area contributed by atoms with Gasteiger partial charge in [-0.1, -0.05) is 30.3 Å². The van der Waals surface area contributed by atoms with Crippen LogP contribution in [-0.4, -0.2) is 41.6 Å². The van der Waals surface area contributed by atoms with Gasteiger partial charge in [0, 0.05) is 43.1 Å². The minimum atomic E-state index is -0.0777. The third-order valence-electron chi connectivity index (χ3n) is 7.25. The molecule has 1 aliphatic rings. The molecule has 2 heterocycles. The molecule has 0 amide bonds. The van der Waals surface area contributed by atoms with Crippen LogP contribution in [0.4, 0.5) is 11.4 Å². The number of piperazine rings is 1. The molecule has 1 fully saturated rings. The molecular formula is C32H38N6O. The fraction of sp³-hybridized carbons (Fsp3) is 0.344. The van der Waals surface area contributed by atoms with Gasteiger partial charge in [-0.25, -0.2) is 4.99 Å². The number of aryl methyl sites for hydroxylation is 2. The van der Waals surface area contributed by atoms with Crippen LogP contribution in [0.25, 0.3) is 0 Å². The molecule has 1 N–H and O–H groups in total. The van der Waals surface area contributed by atoms with Gasteiger partial charge in [-0.05, 0) is 82.5 Å². The first-order valence-electron chi connectivity index (χ1n) is 13.5. The Morgan fingerprint density at radius 1 is 1.13 bits per heavy atom. The van der Waals surface area contributed by atoms with E-state index in [9.17, 15) is 10.1 Å². The number of carbonyl (C=O) groups is 1. The molecule has 1 aromatic heterocycles. The summed E-state index contributed by atoms with van der Waals surface area (Å²) >= 11 is 0. The van der Waals surface area contributed by atoms with E-state index in [4.69, 9.17) is 4.99 Å². The predicted molar refractivity (Wildman–Crippen MR) is 158 cm³/mol. The second-order valence-corrected chi connectivity index (χ2v) is 10.5. The lowest BCUT2D eigenvalue weighted by Gasteiger charge is -2.42. The number of benzene rings is 2. The Bertz CT molecular complexity index is 1490. The summed E-state index contributed by atoms with van der Waals surface area (Å²) in [5, 5.41) is 13.2. The van der Waals surface area contributed by atoms with Crippen molar-refractivity contribution in [1.82, 2.24) is 9.47 Å². The highest BCUT2D eigenvalue weighted by molar-refractivity contribution is 5.59. The highest BCUT2D eigenvalue weighted by Crippen LogP contribution is 2.26. The maximum Gasteiger partial charge on any atom is 0.219 e. The summed E-state index contributed by atoms with van der Waals surface area (Å²) in [6.07, 6.45) is 2.66. The SMILES string of the molecule is CC(C)=C(/N=c1/c(C(C)Nc2ccccc2C)cc(C)cn1C=O)N1CCN(c2ccccc2C#N)CC1C. The van der Waals surface area contributed by atoms with E-state index < -0.39 is 0 Å². The number of aromatic nitrogens is 1. The van der Waals surface area contributed by atoms with E-state index in [0.29, 0.717) is 11.1 Å². The minimum Gasteiger partial charge on any atom is -0.378 e.